The molecule has 6 heteroatoms. The van der Waals surface area contributed by atoms with Gasteiger partial charge in [-0.05, 0) is 158 Å². The monoisotopic (exact) mass is 948 g/mol. The molecule has 0 radical (unpaired) electrons. The number of benzene rings is 9. The molecule has 0 bridgehead atoms. The lowest BCUT2D eigenvalue weighted by Crippen LogP contribution is -2.61. The number of anilines is 5. The van der Waals surface area contributed by atoms with E-state index in [4.69, 9.17) is 9.47 Å². The van der Waals surface area contributed by atoms with Crippen LogP contribution in [0.1, 0.15) is 82.2 Å². The Bertz CT molecular complexity index is 4000. The number of ether oxygens (including phenoxy) is 2. The van der Waals surface area contributed by atoms with Gasteiger partial charge in [-0.15, -0.1) is 11.3 Å². The molecule has 0 saturated carbocycles. The van der Waals surface area contributed by atoms with Gasteiger partial charge in [-0.25, -0.2) is 0 Å². The van der Waals surface area contributed by atoms with Crippen LogP contribution in [0, 0.1) is 6.92 Å². The van der Waals surface area contributed by atoms with Crippen LogP contribution in [0.4, 0.5) is 28.4 Å². The van der Waals surface area contributed by atoms with E-state index in [1.54, 1.807) is 0 Å². The van der Waals surface area contributed by atoms with Gasteiger partial charge in [-0.3, -0.25) is 0 Å². The first-order valence-corrected chi connectivity index (χ1v) is 26.5. The lowest BCUT2D eigenvalue weighted by molar-refractivity contribution is 0.332. The van der Waals surface area contributed by atoms with E-state index in [0.717, 1.165) is 41.5 Å². The topological polar surface area (TPSA) is 24.9 Å². The van der Waals surface area contributed by atoms with E-state index in [2.05, 4.69) is 204 Å². The van der Waals surface area contributed by atoms with Gasteiger partial charge in [0.25, 0.3) is 0 Å². The van der Waals surface area contributed by atoms with Crippen molar-refractivity contribution in [2.75, 3.05) is 9.71 Å². The molecule has 0 unspecified atom stereocenters. The third-order valence-electron chi connectivity index (χ3n) is 17.3. The summed E-state index contributed by atoms with van der Waals surface area (Å²) in [6, 6.07) is 63.5. The Morgan fingerprint density at radius 2 is 1.12 bits per heavy atom. The summed E-state index contributed by atoms with van der Waals surface area (Å²) in [5.74, 6) is 2.89. The van der Waals surface area contributed by atoms with Gasteiger partial charge < -0.3 is 19.2 Å². The highest BCUT2D eigenvalue weighted by Crippen LogP contribution is 2.59. The molecule has 0 spiro atoms. The first kappa shape index (κ1) is 42.2. The van der Waals surface area contributed by atoms with Crippen molar-refractivity contribution < 1.29 is 9.47 Å². The third kappa shape index (κ3) is 5.76. The highest BCUT2D eigenvalue weighted by atomic mass is 32.1. The molecule has 3 aliphatic heterocycles. The molecule has 0 amide bonds. The standard InChI is InChI=1S/C66H53BN2O2S/c1-38-31-50-51(65(4,5)30-29-64(50,2)3)35-53(38)68-55-37-59-58(70-56-22-14-15-23-57(56)71-59)36-52(55)67-61-46(33-47-43-20-12-16-24-60(43)72-63(47)62(61)68)45-32-44-42-19-11-13-21-48(42)66(6,7)49(44)34-54(45)69(67)41-27-25-40(26-28-41)39-17-9-8-10-18-39/h8-28,31-37H,29-30H2,1-7H3. The Labute approximate surface area is 426 Å². The number of rotatable bonds is 3. The summed E-state index contributed by atoms with van der Waals surface area (Å²) < 4.78 is 16.4. The first-order chi connectivity index (χ1) is 34.8. The summed E-state index contributed by atoms with van der Waals surface area (Å²) >= 11 is 1.92. The second kappa shape index (κ2) is 14.5. The van der Waals surface area contributed by atoms with Crippen molar-refractivity contribution in [1.29, 1.82) is 0 Å². The fraction of sp³-hybridized carbons (Fsp3) is 0.182. The smallest absolute Gasteiger partial charge is 0.333 e. The van der Waals surface area contributed by atoms with Crippen LogP contribution in [-0.4, -0.2) is 6.85 Å². The summed E-state index contributed by atoms with van der Waals surface area (Å²) in [5.41, 5.74) is 22.7. The summed E-state index contributed by atoms with van der Waals surface area (Å²) in [5, 5.41) is 2.57. The summed E-state index contributed by atoms with van der Waals surface area (Å²) in [6.07, 6.45) is 2.29. The predicted octanol–water partition coefficient (Wildman–Crippen LogP) is 17.3. The molecule has 2 aliphatic carbocycles. The summed E-state index contributed by atoms with van der Waals surface area (Å²) in [7, 11) is 0. The van der Waals surface area contributed by atoms with Crippen molar-refractivity contribution in [3.8, 4) is 56.4 Å². The van der Waals surface area contributed by atoms with Gasteiger partial charge in [0, 0.05) is 55.3 Å². The van der Waals surface area contributed by atoms with Crippen molar-refractivity contribution in [2.24, 2.45) is 0 Å². The number of nitrogens with zero attached hydrogens (tertiary/aromatic N) is 2. The van der Waals surface area contributed by atoms with Crippen LogP contribution < -0.4 is 30.1 Å². The fourth-order valence-corrected chi connectivity index (χ4v) is 14.6. The fourth-order valence-electron chi connectivity index (χ4n) is 13.3. The molecule has 10 aromatic rings. The predicted molar refractivity (Wildman–Crippen MR) is 303 cm³/mol. The molecule has 4 heterocycles. The Kier molecular flexibility index (Phi) is 8.52. The molecule has 1 aromatic heterocycles. The van der Waals surface area contributed by atoms with Crippen LogP contribution >= 0.6 is 11.3 Å². The molecule has 0 atom stereocenters. The van der Waals surface area contributed by atoms with E-state index >= 15 is 0 Å². The van der Waals surface area contributed by atoms with E-state index in [1.165, 1.54) is 109 Å². The third-order valence-corrected chi connectivity index (χ3v) is 18.5. The second-order valence-electron chi connectivity index (χ2n) is 22.7. The van der Waals surface area contributed by atoms with Crippen LogP contribution in [0.2, 0.25) is 0 Å². The molecule has 5 aliphatic rings. The molecule has 348 valence electrons. The van der Waals surface area contributed by atoms with E-state index < -0.39 is 0 Å². The molecule has 4 nitrogen and oxygen atoms in total. The van der Waals surface area contributed by atoms with Crippen molar-refractivity contribution in [1.82, 2.24) is 0 Å². The van der Waals surface area contributed by atoms with E-state index in [1.807, 2.05) is 35.6 Å². The SMILES string of the molecule is Cc1cc2c(cc1N1c3cc4c(cc3B3c5c(cc6c(sc7ccccc76)c51)-c1cc5c(cc1N3c1ccc(-c3ccccc3)cc1)C(C)(C)c1ccccc1-5)Oc1ccccc1O4)C(C)(C)CCC2(C)C. The number of hydrogen-bond acceptors (Lipinski definition) is 5. The molecule has 9 aromatic carbocycles. The van der Waals surface area contributed by atoms with E-state index in [-0.39, 0.29) is 23.1 Å². The maximum atomic E-state index is 6.91. The summed E-state index contributed by atoms with van der Waals surface area (Å²) in [4.78, 5) is 5.31. The molecular weight excluding hydrogens is 896 g/mol. The molecular formula is C66H53BN2O2S. The molecule has 0 N–H and O–H groups in total. The van der Waals surface area contributed by atoms with Crippen molar-refractivity contribution in [3.05, 3.63) is 198 Å². The van der Waals surface area contributed by atoms with Crippen LogP contribution in [0.25, 0.3) is 53.6 Å². The Hall–Kier alpha value is -7.54. The van der Waals surface area contributed by atoms with Gasteiger partial charge in [0.1, 0.15) is 0 Å². The zero-order valence-electron chi connectivity index (χ0n) is 41.8. The minimum absolute atomic E-state index is 0.000115. The number of thiophene rings is 1. The van der Waals surface area contributed by atoms with Crippen molar-refractivity contribution >= 4 is 77.7 Å². The van der Waals surface area contributed by atoms with Crippen LogP contribution in [0.3, 0.4) is 0 Å². The number of hydrogen-bond donors (Lipinski definition) is 0. The second-order valence-corrected chi connectivity index (χ2v) is 23.8. The van der Waals surface area contributed by atoms with Gasteiger partial charge in [-0.1, -0.05) is 145 Å². The van der Waals surface area contributed by atoms with Crippen LogP contribution in [-0.2, 0) is 16.2 Å². The number of aryl methyl sites for hydroxylation is 1. The average molecular weight is 949 g/mol. The van der Waals surface area contributed by atoms with Crippen molar-refractivity contribution in [3.63, 3.8) is 0 Å². The first-order valence-electron chi connectivity index (χ1n) is 25.6. The lowest BCUT2D eigenvalue weighted by atomic mass is 9.43. The maximum absolute atomic E-state index is 6.91. The zero-order chi connectivity index (χ0) is 48.6. The minimum atomic E-state index is -0.241. The lowest BCUT2D eigenvalue weighted by Gasteiger charge is -2.47. The van der Waals surface area contributed by atoms with Crippen molar-refractivity contribution in [2.45, 2.75) is 77.6 Å². The Morgan fingerprint density at radius 1 is 0.486 bits per heavy atom. The highest BCUT2D eigenvalue weighted by Gasteiger charge is 2.49. The minimum Gasteiger partial charge on any atom is -0.450 e. The number of para-hydroxylation sites is 2. The van der Waals surface area contributed by atoms with Gasteiger partial charge in [-0.2, -0.15) is 0 Å². The quantitative estimate of drug-likeness (QED) is 0.165. The van der Waals surface area contributed by atoms with Crippen LogP contribution in [0.5, 0.6) is 23.0 Å². The van der Waals surface area contributed by atoms with Gasteiger partial charge in [0.15, 0.2) is 23.0 Å². The number of fused-ring (bicyclic) bond motifs is 14. The summed E-state index contributed by atoms with van der Waals surface area (Å²) in [6.45, 7) is 16.7. The Morgan fingerprint density at radius 3 is 1.89 bits per heavy atom. The molecule has 15 rings (SSSR count). The average Bonchev–Trinajstić information content (AvgIpc) is 3.88. The van der Waals surface area contributed by atoms with Crippen LogP contribution in [0.15, 0.2) is 170 Å². The largest absolute Gasteiger partial charge is 0.450 e. The maximum Gasteiger partial charge on any atom is 0.333 e. The van der Waals surface area contributed by atoms with Gasteiger partial charge >= 0.3 is 6.85 Å². The van der Waals surface area contributed by atoms with E-state index in [9.17, 15) is 0 Å². The molecule has 0 fully saturated rings. The van der Waals surface area contributed by atoms with E-state index in [0.29, 0.717) is 5.75 Å². The highest BCUT2D eigenvalue weighted by molar-refractivity contribution is 7.26. The molecule has 0 saturated heterocycles. The van der Waals surface area contributed by atoms with Gasteiger partial charge in [0.05, 0.1) is 10.4 Å². The Balaban J connectivity index is 1.10. The van der Waals surface area contributed by atoms with Gasteiger partial charge in [0.2, 0.25) is 0 Å². The normalized spacial score (nSPS) is 16.6. The molecule has 72 heavy (non-hydrogen) atoms. The zero-order valence-corrected chi connectivity index (χ0v) is 42.6.